The molecule has 0 aromatic carbocycles. The Bertz CT molecular complexity index is 352. The number of carbonyl (C=O) groups excluding carboxylic acids is 1. The minimum Gasteiger partial charge on any atom is -0.350 e. The van der Waals surface area contributed by atoms with Crippen LogP contribution in [0.2, 0.25) is 0 Å². The van der Waals surface area contributed by atoms with Gasteiger partial charge in [-0.1, -0.05) is 0 Å². The van der Waals surface area contributed by atoms with Crippen molar-refractivity contribution in [2.45, 2.75) is 39.8 Å². The second-order valence-corrected chi connectivity index (χ2v) is 5.73. The van der Waals surface area contributed by atoms with E-state index < -0.39 is 0 Å². The number of nitrogens with one attached hydrogen (secondary N) is 2. The van der Waals surface area contributed by atoms with Crippen LogP contribution in [0.1, 0.15) is 31.9 Å². The van der Waals surface area contributed by atoms with Crippen molar-refractivity contribution in [3.05, 3.63) is 21.9 Å². The van der Waals surface area contributed by atoms with Gasteiger partial charge < -0.3 is 10.6 Å². The lowest BCUT2D eigenvalue weighted by Crippen LogP contribution is -2.44. The van der Waals surface area contributed by atoms with Crippen LogP contribution in [0.5, 0.6) is 0 Å². The third-order valence-corrected chi connectivity index (χ3v) is 2.99. The first-order valence-electron chi connectivity index (χ1n) is 5.42. The number of amides is 1. The summed E-state index contributed by atoms with van der Waals surface area (Å²) < 4.78 is 0. The fourth-order valence-corrected chi connectivity index (χ4v) is 2.20. The van der Waals surface area contributed by atoms with Crippen molar-refractivity contribution >= 4 is 17.2 Å². The average molecular weight is 240 g/mol. The van der Waals surface area contributed by atoms with Crippen molar-refractivity contribution < 1.29 is 4.79 Å². The van der Waals surface area contributed by atoms with E-state index in [-0.39, 0.29) is 11.4 Å². The van der Waals surface area contributed by atoms with E-state index in [4.69, 9.17) is 0 Å². The van der Waals surface area contributed by atoms with Crippen LogP contribution < -0.4 is 10.6 Å². The highest BCUT2D eigenvalue weighted by Gasteiger charge is 2.12. The fraction of sp³-hybridized carbons (Fsp3) is 0.583. The summed E-state index contributed by atoms with van der Waals surface area (Å²) in [5.41, 5.74) is 2.40. The molecule has 0 aliphatic heterocycles. The maximum absolute atomic E-state index is 11.5. The topological polar surface area (TPSA) is 41.1 Å². The van der Waals surface area contributed by atoms with Gasteiger partial charge in [-0.05, 0) is 49.6 Å². The van der Waals surface area contributed by atoms with Crippen molar-refractivity contribution in [1.29, 1.82) is 0 Å². The summed E-state index contributed by atoms with van der Waals surface area (Å²) in [5, 5.41) is 10.3. The van der Waals surface area contributed by atoms with E-state index in [1.807, 2.05) is 20.8 Å². The molecule has 0 aliphatic carbocycles. The van der Waals surface area contributed by atoms with Gasteiger partial charge in [-0.25, -0.2) is 0 Å². The predicted octanol–water partition coefficient (Wildman–Crippen LogP) is 2.06. The smallest absolute Gasteiger partial charge is 0.234 e. The molecule has 90 valence electrons. The summed E-state index contributed by atoms with van der Waals surface area (Å²) in [6.07, 6.45) is 0. The molecule has 16 heavy (non-hydrogen) atoms. The van der Waals surface area contributed by atoms with Crippen LogP contribution in [0.4, 0.5) is 0 Å². The number of thiophene rings is 1. The Kier molecular flexibility index (Phi) is 4.50. The van der Waals surface area contributed by atoms with Gasteiger partial charge in [0, 0.05) is 12.1 Å². The normalized spacial score (nSPS) is 11.5. The van der Waals surface area contributed by atoms with E-state index in [0.717, 1.165) is 6.54 Å². The van der Waals surface area contributed by atoms with Crippen molar-refractivity contribution in [2.75, 3.05) is 6.54 Å². The van der Waals surface area contributed by atoms with Crippen LogP contribution in [0.25, 0.3) is 0 Å². The highest BCUT2D eigenvalue weighted by molar-refractivity contribution is 7.08. The molecule has 0 spiro atoms. The molecule has 3 nitrogen and oxygen atoms in total. The van der Waals surface area contributed by atoms with Gasteiger partial charge in [-0.2, -0.15) is 11.3 Å². The predicted molar refractivity (Wildman–Crippen MR) is 68.7 cm³/mol. The van der Waals surface area contributed by atoms with Crippen LogP contribution in [-0.2, 0) is 11.3 Å². The van der Waals surface area contributed by atoms with Crippen LogP contribution >= 0.6 is 11.3 Å². The highest BCUT2D eigenvalue weighted by Crippen LogP contribution is 2.12. The van der Waals surface area contributed by atoms with Crippen LogP contribution in [0.3, 0.4) is 0 Å². The number of hydrogen-bond acceptors (Lipinski definition) is 3. The summed E-state index contributed by atoms with van der Waals surface area (Å²) >= 11 is 1.69. The molecule has 0 bridgehead atoms. The molecule has 0 saturated carbocycles. The van der Waals surface area contributed by atoms with Gasteiger partial charge in [0.15, 0.2) is 0 Å². The van der Waals surface area contributed by atoms with Gasteiger partial charge in [0.1, 0.15) is 0 Å². The first-order valence-corrected chi connectivity index (χ1v) is 6.36. The standard InChI is InChI=1S/C12H20N2OS/c1-9-7-16-8-10(9)5-13-6-11(15)14-12(2,3)4/h7-8,13H,5-6H2,1-4H3,(H,14,15). The van der Waals surface area contributed by atoms with Gasteiger partial charge in [0.2, 0.25) is 5.91 Å². The molecule has 0 saturated heterocycles. The van der Waals surface area contributed by atoms with Gasteiger partial charge in [0.05, 0.1) is 6.54 Å². The van der Waals surface area contributed by atoms with Crippen molar-refractivity contribution in [2.24, 2.45) is 0 Å². The molecule has 0 radical (unpaired) electrons. The molecule has 1 rings (SSSR count). The van der Waals surface area contributed by atoms with Crippen LogP contribution in [-0.4, -0.2) is 18.0 Å². The second kappa shape index (κ2) is 5.46. The minimum absolute atomic E-state index is 0.0420. The Balaban J connectivity index is 2.26. The lowest BCUT2D eigenvalue weighted by Gasteiger charge is -2.20. The van der Waals surface area contributed by atoms with E-state index in [0.29, 0.717) is 6.54 Å². The number of rotatable bonds is 4. The monoisotopic (exact) mass is 240 g/mol. The van der Waals surface area contributed by atoms with Crippen LogP contribution in [0.15, 0.2) is 10.8 Å². The van der Waals surface area contributed by atoms with Gasteiger partial charge >= 0.3 is 0 Å². The summed E-state index contributed by atoms with van der Waals surface area (Å²) in [4.78, 5) is 11.5. The Hall–Kier alpha value is -0.870. The number of hydrogen-bond donors (Lipinski definition) is 2. The Morgan fingerprint density at radius 3 is 2.56 bits per heavy atom. The maximum atomic E-state index is 11.5. The molecule has 0 unspecified atom stereocenters. The average Bonchev–Trinajstić information content (AvgIpc) is 2.48. The molecule has 0 fully saturated rings. The van der Waals surface area contributed by atoms with Gasteiger partial charge in [-0.15, -0.1) is 0 Å². The summed E-state index contributed by atoms with van der Waals surface area (Å²) in [6, 6.07) is 0. The zero-order valence-electron chi connectivity index (χ0n) is 10.4. The first-order chi connectivity index (χ1) is 7.38. The summed E-state index contributed by atoms with van der Waals surface area (Å²) in [7, 11) is 0. The van der Waals surface area contributed by atoms with E-state index in [2.05, 4.69) is 28.3 Å². The Morgan fingerprint density at radius 2 is 2.06 bits per heavy atom. The molecule has 1 amide bonds. The first kappa shape index (κ1) is 13.2. The lowest BCUT2D eigenvalue weighted by atomic mass is 10.1. The molecule has 4 heteroatoms. The van der Waals surface area contributed by atoms with Crippen molar-refractivity contribution in [3.8, 4) is 0 Å². The highest BCUT2D eigenvalue weighted by atomic mass is 32.1. The second-order valence-electron chi connectivity index (χ2n) is 4.98. The van der Waals surface area contributed by atoms with Gasteiger partial charge in [0.25, 0.3) is 0 Å². The third-order valence-electron chi connectivity index (χ3n) is 2.08. The number of aryl methyl sites for hydroxylation is 1. The molecule has 0 atom stereocenters. The van der Waals surface area contributed by atoms with Crippen LogP contribution in [0, 0.1) is 6.92 Å². The van der Waals surface area contributed by atoms with Crippen molar-refractivity contribution in [1.82, 2.24) is 10.6 Å². The van der Waals surface area contributed by atoms with E-state index in [1.165, 1.54) is 11.1 Å². The molecule has 1 aromatic rings. The zero-order valence-corrected chi connectivity index (χ0v) is 11.2. The molecule has 0 aliphatic rings. The van der Waals surface area contributed by atoms with E-state index >= 15 is 0 Å². The minimum atomic E-state index is -0.156. The maximum Gasteiger partial charge on any atom is 0.234 e. The number of carbonyl (C=O) groups is 1. The molecular weight excluding hydrogens is 220 g/mol. The largest absolute Gasteiger partial charge is 0.350 e. The summed E-state index contributed by atoms with van der Waals surface area (Å²) in [6.45, 7) is 9.15. The third kappa shape index (κ3) is 4.77. The Labute approximate surface area is 101 Å². The Morgan fingerprint density at radius 1 is 1.38 bits per heavy atom. The lowest BCUT2D eigenvalue weighted by molar-refractivity contribution is -0.121. The molecular formula is C12H20N2OS. The molecule has 1 heterocycles. The quantitative estimate of drug-likeness (QED) is 0.846. The molecule has 2 N–H and O–H groups in total. The van der Waals surface area contributed by atoms with E-state index in [1.54, 1.807) is 11.3 Å². The fourth-order valence-electron chi connectivity index (χ4n) is 1.34. The summed E-state index contributed by atoms with van der Waals surface area (Å²) in [5.74, 6) is 0.0420. The SMILES string of the molecule is Cc1cscc1CNCC(=O)NC(C)(C)C. The van der Waals surface area contributed by atoms with Crippen molar-refractivity contribution in [3.63, 3.8) is 0 Å². The molecule has 1 aromatic heterocycles. The van der Waals surface area contributed by atoms with E-state index in [9.17, 15) is 4.79 Å². The zero-order chi connectivity index (χ0) is 12.2. The van der Waals surface area contributed by atoms with Gasteiger partial charge in [-0.3, -0.25) is 4.79 Å².